The molecule has 1 amide bonds. The second-order valence-electron chi connectivity index (χ2n) is 6.22. The van der Waals surface area contributed by atoms with E-state index in [1.807, 2.05) is 50.2 Å². The number of halogens is 1. The molecule has 0 saturated carbocycles. The van der Waals surface area contributed by atoms with Gasteiger partial charge in [0, 0.05) is 12.2 Å². The lowest BCUT2D eigenvalue weighted by molar-refractivity contribution is -0.118. The van der Waals surface area contributed by atoms with Crippen molar-refractivity contribution in [1.29, 1.82) is 0 Å². The summed E-state index contributed by atoms with van der Waals surface area (Å²) in [6.45, 7) is 7.96. The maximum Gasteiger partial charge on any atom is 0.262 e. The van der Waals surface area contributed by atoms with Crippen LogP contribution >= 0.6 is 11.6 Å². The first-order valence-electron chi connectivity index (χ1n) is 9.18. The SMILES string of the molecule is CCCNCc1cc(Cl)c(OCC(=O)Nc2ccc(C)cc2)c(OCC)c1. The van der Waals surface area contributed by atoms with E-state index in [9.17, 15) is 4.79 Å². The van der Waals surface area contributed by atoms with Crippen molar-refractivity contribution in [2.75, 3.05) is 25.1 Å². The maximum absolute atomic E-state index is 12.2. The van der Waals surface area contributed by atoms with Crippen LogP contribution in [0, 0.1) is 6.92 Å². The first-order chi connectivity index (χ1) is 13.0. The fraction of sp³-hybridized carbons (Fsp3) is 0.381. The molecule has 2 aromatic carbocycles. The van der Waals surface area contributed by atoms with Crippen molar-refractivity contribution < 1.29 is 14.3 Å². The molecule has 0 saturated heterocycles. The third-order valence-electron chi connectivity index (χ3n) is 3.81. The molecule has 0 bridgehead atoms. The van der Waals surface area contributed by atoms with Gasteiger partial charge in [0.2, 0.25) is 0 Å². The number of hydrogen-bond acceptors (Lipinski definition) is 4. The molecule has 146 valence electrons. The zero-order chi connectivity index (χ0) is 19.6. The summed E-state index contributed by atoms with van der Waals surface area (Å²) in [6, 6.07) is 11.3. The summed E-state index contributed by atoms with van der Waals surface area (Å²) in [4.78, 5) is 12.2. The molecule has 0 aliphatic rings. The Morgan fingerprint density at radius 3 is 2.52 bits per heavy atom. The van der Waals surface area contributed by atoms with Gasteiger partial charge in [-0.2, -0.15) is 0 Å². The van der Waals surface area contributed by atoms with Crippen molar-refractivity contribution in [2.24, 2.45) is 0 Å². The summed E-state index contributed by atoms with van der Waals surface area (Å²) < 4.78 is 11.3. The number of aryl methyl sites for hydroxylation is 1. The van der Waals surface area contributed by atoms with Crippen LogP contribution in [-0.2, 0) is 11.3 Å². The number of benzene rings is 2. The Kier molecular flexibility index (Phi) is 8.43. The van der Waals surface area contributed by atoms with E-state index in [0.29, 0.717) is 29.7 Å². The Bertz CT molecular complexity index is 748. The van der Waals surface area contributed by atoms with E-state index >= 15 is 0 Å². The van der Waals surface area contributed by atoms with Crippen LogP contribution in [0.1, 0.15) is 31.4 Å². The van der Waals surface area contributed by atoms with E-state index in [1.54, 1.807) is 0 Å². The molecule has 5 nitrogen and oxygen atoms in total. The van der Waals surface area contributed by atoms with Crippen LogP contribution < -0.4 is 20.1 Å². The molecule has 2 rings (SSSR count). The molecule has 0 atom stereocenters. The molecule has 0 heterocycles. The highest BCUT2D eigenvalue weighted by Crippen LogP contribution is 2.36. The standard InChI is InChI=1S/C21H27ClN2O3/c1-4-10-23-13-16-11-18(22)21(19(12-16)26-5-2)27-14-20(25)24-17-8-6-15(3)7-9-17/h6-9,11-12,23H,4-5,10,13-14H2,1-3H3,(H,24,25). The maximum atomic E-state index is 12.2. The Balaban J connectivity index is 2.02. The molecule has 2 aromatic rings. The van der Waals surface area contributed by atoms with Crippen LogP contribution in [0.5, 0.6) is 11.5 Å². The molecule has 0 radical (unpaired) electrons. The van der Waals surface area contributed by atoms with Crippen molar-refractivity contribution in [3.63, 3.8) is 0 Å². The number of amides is 1. The van der Waals surface area contributed by atoms with Gasteiger partial charge in [0.1, 0.15) is 0 Å². The minimum atomic E-state index is -0.258. The predicted octanol–water partition coefficient (Wildman–Crippen LogP) is 4.56. The highest BCUT2D eigenvalue weighted by Gasteiger charge is 2.14. The van der Waals surface area contributed by atoms with E-state index in [0.717, 1.165) is 29.8 Å². The molecular formula is C21H27ClN2O3. The monoisotopic (exact) mass is 390 g/mol. The van der Waals surface area contributed by atoms with Gasteiger partial charge in [-0.15, -0.1) is 0 Å². The molecule has 0 spiro atoms. The quantitative estimate of drug-likeness (QED) is 0.583. The highest BCUT2D eigenvalue weighted by molar-refractivity contribution is 6.32. The molecular weight excluding hydrogens is 364 g/mol. The summed E-state index contributed by atoms with van der Waals surface area (Å²) in [5, 5.41) is 6.56. The normalized spacial score (nSPS) is 10.5. The number of rotatable bonds is 10. The van der Waals surface area contributed by atoms with E-state index in [1.165, 1.54) is 0 Å². The van der Waals surface area contributed by atoms with Crippen LogP contribution in [0.15, 0.2) is 36.4 Å². The van der Waals surface area contributed by atoms with Gasteiger partial charge in [0.15, 0.2) is 18.1 Å². The third-order valence-corrected chi connectivity index (χ3v) is 4.09. The van der Waals surface area contributed by atoms with Gasteiger partial charge in [-0.05, 0) is 56.6 Å². The Labute approximate surface area is 166 Å². The summed E-state index contributed by atoms with van der Waals surface area (Å²) >= 11 is 6.38. The Morgan fingerprint density at radius 2 is 1.85 bits per heavy atom. The van der Waals surface area contributed by atoms with Crippen molar-refractivity contribution >= 4 is 23.2 Å². The van der Waals surface area contributed by atoms with Crippen molar-refractivity contribution in [1.82, 2.24) is 5.32 Å². The number of carbonyl (C=O) groups excluding carboxylic acids is 1. The van der Waals surface area contributed by atoms with Crippen LogP contribution in [0.3, 0.4) is 0 Å². The molecule has 0 aromatic heterocycles. The van der Waals surface area contributed by atoms with Gasteiger partial charge in [-0.3, -0.25) is 4.79 Å². The Hall–Kier alpha value is -2.24. The lowest BCUT2D eigenvalue weighted by atomic mass is 10.2. The molecule has 2 N–H and O–H groups in total. The first kappa shape index (κ1) is 21.1. The second kappa shape index (κ2) is 10.8. The van der Waals surface area contributed by atoms with Gasteiger partial charge in [0.25, 0.3) is 5.91 Å². The van der Waals surface area contributed by atoms with Gasteiger partial charge < -0.3 is 20.1 Å². The zero-order valence-corrected chi connectivity index (χ0v) is 16.9. The number of anilines is 1. The summed E-state index contributed by atoms with van der Waals surface area (Å²) in [7, 11) is 0. The van der Waals surface area contributed by atoms with Crippen LogP contribution in [0.4, 0.5) is 5.69 Å². The van der Waals surface area contributed by atoms with Crippen LogP contribution in [0.25, 0.3) is 0 Å². The zero-order valence-electron chi connectivity index (χ0n) is 16.1. The van der Waals surface area contributed by atoms with Crippen LogP contribution in [-0.4, -0.2) is 25.7 Å². The summed E-state index contributed by atoms with van der Waals surface area (Å²) in [5.41, 5.74) is 2.86. The number of ether oxygens (including phenoxy) is 2. The smallest absolute Gasteiger partial charge is 0.262 e. The average molecular weight is 391 g/mol. The largest absolute Gasteiger partial charge is 0.490 e. The van der Waals surface area contributed by atoms with E-state index in [-0.39, 0.29) is 12.5 Å². The molecule has 0 fully saturated rings. The Morgan fingerprint density at radius 1 is 1.11 bits per heavy atom. The third kappa shape index (κ3) is 6.77. The number of carbonyl (C=O) groups is 1. The van der Waals surface area contributed by atoms with Crippen molar-refractivity contribution in [3.8, 4) is 11.5 Å². The van der Waals surface area contributed by atoms with Gasteiger partial charge in [-0.25, -0.2) is 0 Å². The fourth-order valence-corrected chi connectivity index (χ4v) is 2.80. The number of nitrogens with one attached hydrogen (secondary N) is 2. The molecule has 0 unspecified atom stereocenters. The van der Waals surface area contributed by atoms with Gasteiger partial charge >= 0.3 is 0 Å². The number of hydrogen-bond donors (Lipinski definition) is 2. The van der Waals surface area contributed by atoms with Gasteiger partial charge in [0.05, 0.1) is 11.6 Å². The average Bonchev–Trinajstić information content (AvgIpc) is 2.63. The van der Waals surface area contributed by atoms with Crippen molar-refractivity contribution in [3.05, 3.63) is 52.5 Å². The lowest BCUT2D eigenvalue weighted by Gasteiger charge is -2.15. The first-order valence-corrected chi connectivity index (χ1v) is 9.56. The van der Waals surface area contributed by atoms with Crippen LogP contribution in [0.2, 0.25) is 5.02 Å². The molecule has 0 aliphatic heterocycles. The summed E-state index contributed by atoms with van der Waals surface area (Å²) in [6.07, 6.45) is 1.06. The minimum Gasteiger partial charge on any atom is -0.490 e. The predicted molar refractivity (Wildman–Crippen MR) is 110 cm³/mol. The molecule has 27 heavy (non-hydrogen) atoms. The highest BCUT2D eigenvalue weighted by atomic mass is 35.5. The second-order valence-corrected chi connectivity index (χ2v) is 6.62. The summed E-state index contributed by atoms with van der Waals surface area (Å²) in [5.74, 6) is 0.671. The van der Waals surface area contributed by atoms with E-state index in [2.05, 4.69) is 17.6 Å². The lowest BCUT2D eigenvalue weighted by Crippen LogP contribution is -2.20. The topological polar surface area (TPSA) is 59.6 Å². The van der Waals surface area contributed by atoms with E-state index in [4.69, 9.17) is 21.1 Å². The molecule has 0 aliphatic carbocycles. The van der Waals surface area contributed by atoms with E-state index < -0.39 is 0 Å². The fourth-order valence-electron chi connectivity index (χ4n) is 2.51. The minimum absolute atomic E-state index is 0.152. The van der Waals surface area contributed by atoms with Crippen molar-refractivity contribution in [2.45, 2.75) is 33.7 Å². The van der Waals surface area contributed by atoms with Gasteiger partial charge in [-0.1, -0.05) is 36.2 Å². The molecule has 6 heteroatoms.